The summed E-state index contributed by atoms with van der Waals surface area (Å²) in [7, 11) is 1.86. The molecule has 2 heterocycles. The highest BCUT2D eigenvalue weighted by Gasteiger charge is 2.31. The lowest BCUT2D eigenvalue weighted by Crippen LogP contribution is -2.39. The van der Waals surface area contributed by atoms with Crippen molar-refractivity contribution in [2.45, 2.75) is 19.1 Å². The fraction of sp³-hybridized carbons (Fsp3) is 0.300. The van der Waals surface area contributed by atoms with Crippen LogP contribution in [0.5, 0.6) is 5.75 Å². The second-order valence-corrected chi connectivity index (χ2v) is 8.09. The average Bonchev–Trinajstić information content (AvgIpc) is 3.26. The minimum Gasteiger partial charge on any atom is -0.406 e. The number of fused-ring (bicyclic) bond motifs is 2. The Hall–Kier alpha value is -3.25. The Morgan fingerprint density at radius 3 is 2.88 bits per heavy atom. The fourth-order valence-electron chi connectivity index (χ4n) is 3.28. The van der Waals surface area contributed by atoms with Crippen LogP contribution in [0.2, 0.25) is 0 Å². The van der Waals surface area contributed by atoms with Gasteiger partial charge < -0.3 is 30.7 Å². The Labute approximate surface area is 185 Å². The van der Waals surface area contributed by atoms with Crippen molar-refractivity contribution in [3.63, 3.8) is 0 Å². The second kappa shape index (κ2) is 8.71. The van der Waals surface area contributed by atoms with Crippen LogP contribution in [-0.2, 0) is 0 Å². The number of rotatable bonds is 7. The molecule has 4 rings (SSSR count). The lowest BCUT2D eigenvalue weighted by Gasteiger charge is -2.22. The van der Waals surface area contributed by atoms with Crippen molar-refractivity contribution < 1.29 is 27.8 Å². The molecule has 8 nitrogen and oxygen atoms in total. The molecule has 1 unspecified atom stereocenters. The first kappa shape index (κ1) is 22.0. The number of carbonyl (C=O) groups excluding carboxylic acids is 1. The lowest BCUT2D eigenvalue weighted by atomic mass is 10.1. The molecule has 1 aliphatic rings. The molecule has 1 aliphatic heterocycles. The van der Waals surface area contributed by atoms with Crippen LogP contribution in [0.1, 0.15) is 16.8 Å². The Bertz CT molecular complexity index is 1140. The maximum absolute atomic E-state index is 12.5. The van der Waals surface area contributed by atoms with Gasteiger partial charge in [0.1, 0.15) is 5.75 Å². The van der Waals surface area contributed by atoms with Crippen molar-refractivity contribution in [2.75, 3.05) is 35.7 Å². The largest absolute Gasteiger partial charge is 0.573 e. The van der Waals surface area contributed by atoms with E-state index >= 15 is 0 Å². The number of benzene rings is 2. The highest BCUT2D eigenvalue weighted by Crippen LogP contribution is 2.36. The topological polar surface area (TPSA) is 98.8 Å². The molecular weight excluding hydrogens is 447 g/mol. The van der Waals surface area contributed by atoms with Crippen LogP contribution < -0.4 is 25.6 Å². The number of hydrogen-bond donors (Lipinski definition) is 4. The zero-order valence-electron chi connectivity index (χ0n) is 16.9. The molecule has 0 spiro atoms. The summed E-state index contributed by atoms with van der Waals surface area (Å²) in [6.45, 7) is 0.393. The third-order valence-electron chi connectivity index (χ3n) is 4.79. The van der Waals surface area contributed by atoms with Gasteiger partial charge in [0.15, 0.2) is 11.4 Å². The number of hydrogen-bond acceptors (Lipinski definition) is 8. The molecule has 0 aliphatic carbocycles. The van der Waals surface area contributed by atoms with Gasteiger partial charge >= 0.3 is 6.36 Å². The molecule has 1 amide bonds. The number of thiazole rings is 1. The Kier molecular flexibility index (Phi) is 5.98. The van der Waals surface area contributed by atoms with Gasteiger partial charge in [0.2, 0.25) is 0 Å². The quantitative estimate of drug-likeness (QED) is 0.395. The van der Waals surface area contributed by atoms with Gasteiger partial charge in [-0.15, -0.1) is 13.2 Å². The average molecular weight is 467 g/mol. The number of carbonyl (C=O) groups is 1. The molecule has 3 aromatic rings. The summed E-state index contributed by atoms with van der Waals surface area (Å²) < 4.78 is 41.9. The number of aliphatic hydroxyl groups excluding tert-OH is 1. The van der Waals surface area contributed by atoms with Gasteiger partial charge in [0.25, 0.3) is 5.91 Å². The molecule has 0 saturated heterocycles. The Morgan fingerprint density at radius 2 is 2.12 bits per heavy atom. The highest BCUT2D eigenvalue weighted by atomic mass is 32.1. The Morgan fingerprint density at radius 1 is 1.31 bits per heavy atom. The normalized spacial score (nSPS) is 15.4. The number of ether oxygens (including phenoxy) is 1. The minimum atomic E-state index is -4.75. The van der Waals surface area contributed by atoms with Gasteiger partial charge in [-0.1, -0.05) is 11.3 Å². The van der Waals surface area contributed by atoms with E-state index in [0.717, 1.165) is 11.4 Å². The molecule has 32 heavy (non-hydrogen) atoms. The zero-order chi connectivity index (χ0) is 22.9. The molecular formula is C20H20F3N5O3S. The van der Waals surface area contributed by atoms with Crippen molar-refractivity contribution in [3.8, 4) is 5.75 Å². The van der Waals surface area contributed by atoms with Crippen molar-refractivity contribution in [1.29, 1.82) is 0 Å². The standard InChI is InChI=1S/C20H20F3N5O3S/c1-28-15-6-3-11(17(30)24-7-2-8-29)9-14(15)25-18(28)27-19-26-13-5-4-12(10-16(13)32-19)31-20(21,22)23/h3-6,9-10,18,25,29H,2,7-8H2,1H3,(H,24,30)(H,26,27). The third kappa shape index (κ3) is 4.81. The number of amides is 1. The summed E-state index contributed by atoms with van der Waals surface area (Å²) in [5.74, 6) is -0.529. The van der Waals surface area contributed by atoms with E-state index in [-0.39, 0.29) is 24.6 Å². The SMILES string of the molecule is CN1c2ccc(C(=O)NCCCO)cc2NC1Nc1nc2ccc(OC(F)(F)F)cc2s1. The summed E-state index contributed by atoms with van der Waals surface area (Å²) >= 11 is 1.20. The predicted octanol–water partition coefficient (Wildman–Crippen LogP) is 3.56. The number of halogens is 3. The number of alkyl halides is 3. The number of anilines is 3. The first-order chi connectivity index (χ1) is 15.2. The molecule has 4 N–H and O–H groups in total. The van der Waals surface area contributed by atoms with Crippen LogP contribution in [0.15, 0.2) is 36.4 Å². The van der Waals surface area contributed by atoms with Crippen molar-refractivity contribution in [3.05, 3.63) is 42.0 Å². The molecule has 0 bridgehead atoms. The van der Waals surface area contributed by atoms with Crippen LogP contribution in [0.4, 0.5) is 29.7 Å². The summed E-state index contributed by atoms with van der Waals surface area (Å²) in [4.78, 5) is 18.6. The summed E-state index contributed by atoms with van der Waals surface area (Å²) in [6, 6.07) is 9.27. The van der Waals surface area contributed by atoms with E-state index in [1.807, 2.05) is 18.0 Å². The number of aliphatic hydroxyl groups is 1. The van der Waals surface area contributed by atoms with Gasteiger partial charge in [-0.05, 0) is 36.8 Å². The predicted molar refractivity (Wildman–Crippen MR) is 116 cm³/mol. The minimum absolute atomic E-state index is 0.00655. The van der Waals surface area contributed by atoms with E-state index in [1.54, 1.807) is 12.1 Å². The molecule has 0 fully saturated rings. The summed E-state index contributed by atoms with van der Waals surface area (Å²) in [5, 5.41) is 18.6. The third-order valence-corrected chi connectivity index (χ3v) is 5.74. The molecule has 1 aromatic heterocycles. The maximum atomic E-state index is 12.5. The van der Waals surface area contributed by atoms with E-state index in [1.165, 1.54) is 29.5 Å². The molecule has 170 valence electrons. The lowest BCUT2D eigenvalue weighted by molar-refractivity contribution is -0.274. The van der Waals surface area contributed by atoms with Crippen molar-refractivity contribution in [2.24, 2.45) is 0 Å². The van der Waals surface area contributed by atoms with Crippen LogP contribution in [0.3, 0.4) is 0 Å². The smallest absolute Gasteiger partial charge is 0.406 e. The summed E-state index contributed by atoms with van der Waals surface area (Å²) in [5.41, 5.74) is 2.66. The van der Waals surface area contributed by atoms with Crippen LogP contribution >= 0.6 is 11.3 Å². The van der Waals surface area contributed by atoms with Crippen molar-refractivity contribution >= 4 is 44.0 Å². The van der Waals surface area contributed by atoms with Gasteiger partial charge in [0.05, 0.1) is 21.6 Å². The van der Waals surface area contributed by atoms with Gasteiger partial charge in [-0.2, -0.15) is 0 Å². The van der Waals surface area contributed by atoms with E-state index in [9.17, 15) is 18.0 Å². The monoisotopic (exact) mass is 467 g/mol. The first-order valence-corrected chi connectivity index (χ1v) is 10.5. The van der Waals surface area contributed by atoms with E-state index in [4.69, 9.17) is 5.11 Å². The van der Waals surface area contributed by atoms with Crippen LogP contribution in [0, 0.1) is 0 Å². The van der Waals surface area contributed by atoms with Gasteiger partial charge in [0, 0.05) is 31.8 Å². The first-order valence-electron chi connectivity index (χ1n) is 9.69. The van der Waals surface area contributed by atoms with E-state index in [0.29, 0.717) is 33.9 Å². The van der Waals surface area contributed by atoms with E-state index in [2.05, 4.69) is 25.7 Å². The Balaban J connectivity index is 1.46. The summed E-state index contributed by atoms with van der Waals surface area (Å²) in [6.07, 6.45) is -4.64. The highest BCUT2D eigenvalue weighted by molar-refractivity contribution is 7.22. The number of aromatic nitrogens is 1. The van der Waals surface area contributed by atoms with Crippen molar-refractivity contribution in [1.82, 2.24) is 10.3 Å². The molecule has 2 aromatic carbocycles. The maximum Gasteiger partial charge on any atom is 0.573 e. The zero-order valence-corrected chi connectivity index (χ0v) is 17.7. The van der Waals surface area contributed by atoms with Gasteiger partial charge in [-0.3, -0.25) is 4.79 Å². The number of nitrogens with zero attached hydrogens (tertiary/aromatic N) is 2. The van der Waals surface area contributed by atoms with Gasteiger partial charge in [-0.25, -0.2) is 4.98 Å². The molecule has 0 radical (unpaired) electrons. The molecule has 1 atom stereocenters. The second-order valence-electron chi connectivity index (χ2n) is 7.06. The molecule has 12 heteroatoms. The number of nitrogens with one attached hydrogen (secondary N) is 3. The van der Waals surface area contributed by atoms with E-state index < -0.39 is 6.36 Å². The van der Waals surface area contributed by atoms with Crippen LogP contribution in [0.25, 0.3) is 10.2 Å². The molecule has 0 saturated carbocycles. The van der Waals surface area contributed by atoms with Crippen LogP contribution in [-0.4, -0.2) is 48.8 Å². The fourth-order valence-corrected chi connectivity index (χ4v) is 4.20.